The normalized spacial score (nSPS) is 11.8. The average Bonchev–Trinajstić information content (AvgIpc) is 2.43. The van der Waals surface area contributed by atoms with Gasteiger partial charge < -0.3 is 10.2 Å². The third-order valence-electron chi connectivity index (χ3n) is 3.78. The number of rotatable bonds is 15. The Morgan fingerprint density at radius 2 is 1.05 bits per heavy atom. The van der Waals surface area contributed by atoms with Gasteiger partial charge in [0, 0.05) is 0 Å². The second kappa shape index (κ2) is 16.7. The van der Waals surface area contributed by atoms with Crippen molar-refractivity contribution in [2.45, 2.75) is 103 Å². The van der Waals surface area contributed by atoms with Crippen molar-refractivity contribution in [3.8, 4) is 0 Å². The van der Waals surface area contributed by atoms with E-state index in [2.05, 4.69) is 6.92 Å². The lowest BCUT2D eigenvalue weighted by Crippen LogP contribution is -1.96. The number of allylic oxidation sites excluding steroid dienone is 1. The summed E-state index contributed by atoms with van der Waals surface area (Å²) in [6.07, 6.45) is 20.8. The van der Waals surface area contributed by atoms with Crippen LogP contribution in [0.5, 0.6) is 0 Å². The van der Waals surface area contributed by atoms with Crippen LogP contribution in [0.25, 0.3) is 0 Å². The summed E-state index contributed by atoms with van der Waals surface area (Å²) in [5, 5.41) is 17.2. The van der Waals surface area contributed by atoms with Gasteiger partial charge in [-0.1, -0.05) is 90.0 Å². The first-order chi connectivity index (χ1) is 9.77. The molecule has 120 valence electrons. The predicted octanol–water partition coefficient (Wildman–Crippen LogP) is 5.33. The highest BCUT2D eigenvalue weighted by Gasteiger charge is 1.93. The lowest BCUT2D eigenvalue weighted by molar-refractivity contribution is 0.00216. The molecular formula is C18H36O2. The van der Waals surface area contributed by atoms with Gasteiger partial charge in [-0.05, 0) is 18.9 Å². The van der Waals surface area contributed by atoms with Crippen molar-refractivity contribution in [2.75, 3.05) is 0 Å². The predicted molar refractivity (Wildman–Crippen MR) is 87.7 cm³/mol. The van der Waals surface area contributed by atoms with Crippen LogP contribution in [0.4, 0.5) is 0 Å². The Morgan fingerprint density at radius 1 is 0.650 bits per heavy atom. The highest BCUT2D eigenvalue weighted by atomic mass is 16.5. The molecule has 0 aromatic heterocycles. The van der Waals surface area contributed by atoms with Crippen molar-refractivity contribution >= 4 is 0 Å². The zero-order chi connectivity index (χ0) is 14.9. The van der Waals surface area contributed by atoms with E-state index in [1.165, 1.54) is 89.5 Å². The van der Waals surface area contributed by atoms with Crippen molar-refractivity contribution in [2.24, 2.45) is 0 Å². The Kier molecular flexibility index (Phi) is 16.4. The maximum atomic E-state index is 8.62. The second-order valence-electron chi connectivity index (χ2n) is 5.87. The SMILES string of the molecule is CCCCCCCCCCCCCCCC=CC(O)O. The van der Waals surface area contributed by atoms with Crippen LogP contribution in [-0.2, 0) is 0 Å². The van der Waals surface area contributed by atoms with Gasteiger partial charge in [0.05, 0.1) is 0 Å². The average molecular weight is 284 g/mol. The van der Waals surface area contributed by atoms with Crippen LogP contribution < -0.4 is 0 Å². The first kappa shape index (κ1) is 19.7. The van der Waals surface area contributed by atoms with Gasteiger partial charge in [0.15, 0.2) is 6.29 Å². The lowest BCUT2D eigenvalue weighted by atomic mass is 10.0. The molecule has 0 aliphatic heterocycles. The zero-order valence-corrected chi connectivity index (χ0v) is 13.5. The Hall–Kier alpha value is -0.340. The molecule has 2 N–H and O–H groups in total. The summed E-state index contributed by atoms with van der Waals surface area (Å²) in [5.74, 6) is 0. The van der Waals surface area contributed by atoms with E-state index in [-0.39, 0.29) is 0 Å². The van der Waals surface area contributed by atoms with Crippen LogP contribution in [-0.4, -0.2) is 16.5 Å². The highest BCUT2D eigenvalue weighted by Crippen LogP contribution is 2.12. The molecule has 0 heterocycles. The van der Waals surface area contributed by atoms with E-state index < -0.39 is 6.29 Å². The minimum Gasteiger partial charge on any atom is -0.365 e. The number of aliphatic hydroxyl groups excluding tert-OH is 1. The third kappa shape index (κ3) is 17.7. The van der Waals surface area contributed by atoms with E-state index >= 15 is 0 Å². The van der Waals surface area contributed by atoms with E-state index in [0.29, 0.717) is 0 Å². The standard InChI is InChI=1S/C18H36O2/c1-2-3-4-5-6-7-8-9-10-11-12-13-14-15-16-17-18(19)20/h16-20H,2-15H2,1H3. The van der Waals surface area contributed by atoms with Crippen molar-refractivity contribution in [3.63, 3.8) is 0 Å². The number of unbranched alkanes of at least 4 members (excludes halogenated alkanes) is 13. The van der Waals surface area contributed by atoms with Gasteiger partial charge in [0.1, 0.15) is 0 Å². The maximum absolute atomic E-state index is 8.62. The fraction of sp³-hybridized carbons (Fsp3) is 0.889. The van der Waals surface area contributed by atoms with Crippen molar-refractivity contribution in [1.29, 1.82) is 0 Å². The molecule has 0 saturated heterocycles. The molecule has 0 atom stereocenters. The zero-order valence-electron chi connectivity index (χ0n) is 13.5. The molecule has 0 bridgehead atoms. The molecule has 2 heteroatoms. The van der Waals surface area contributed by atoms with E-state index in [9.17, 15) is 0 Å². The van der Waals surface area contributed by atoms with Gasteiger partial charge in [-0.15, -0.1) is 0 Å². The molecular weight excluding hydrogens is 248 g/mol. The van der Waals surface area contributed by atoms with Crippen LogP contribution in [0, 0.1) is 0 Å². The summed E-state index contributed by atoms with van der Waals surface area (Å²) in [5.41, 5.74) is 0. The quantitative estimate of drug-likeness (QED) is 0.242. The Morgan fingerprint density at radius 3 is 1.45 bits per heavy atom. The summed E-state index contributed by atoms with van der Waals surface area (Å²) in [7, 11) is 0. The molecule has 0 saturated carbocycles. The Labute approximate surface area is 126 Å². The van der Waals surface area contributed by atoms with Gasteiger partial charge in [0.25, 0.3) is 0 Å². The molecule has 0 amide bonds. The van der Waals surface area contributed by atoms with E-state index in [1.807, 2.05) is 6.08 Å². The smallest absolute Gasteiger partial charge is 0.171 e. The van der Waals surface area contributed by atoms with Crippen LogP contribution >= 0.6 is 0 Å². The van der Waals surface area contributed by atoms with Crippen LogP contribution in [0.1, 0.15) is 96.8 Å². The van der Waals surface area contributed by atoms with Crippen LogP contribution in [0.15, 0.2) is 12.2 Å². The fourth-order valence-corrected chi connectivity index (χ4v) is 2.50. The van der Waals surface area contributed by atoms with E-state index in [1.54, 1.807) is 0 Å². The second-order valence-corrected chi connectivity index (χ2v) is 5.87. The Bertz CT molecular complexity index is 200. The minimum absolute atomic E-state index is 0.968. The largest absolute Gasteiger partial charge is 0.365 e. The topological polar surface area (TPSA) is 40.5 Å². The number of hydrogen-bond acceptors (Lipinski definition) is 2. The van der Waals surface area contributed by atoms with E-state index in [0.717, 1.165) is 6.42 Å². The molecule has 20 heavy (non-hydrogen) atoms. The number of aliphatic hydroxyl groups is 2. The molecule has 2 nitrogen and oxygen atoms in total. The highest BCUT2D eigenvalue weighted by molar-refractivity contribution is 4.83. The third-order valence-corrected chi connectivity index (χ3v) is 3.78. The maximum Gasteiger partial charge on any atom is 0.171 e. The van der Waals surface area contributed by atoms with Gasteiger partial charge in [0.2, 0.25) is 0 Å². The summed E-state index contributed by atoms with van der Waals surface area (Å²) in [6, 6.07) is 0. The van der Waals surface area contributed by atoms with Crippen molar-refractivity contribution in [3.05, 3.63) is 12.2 Å². The number of hydrogen-bond donors (Lipinski definition) is 2. The summed E-state index contributed by atoms with van der Waals surface area (Å²) < 4.78 is 0. The van der Waals surface area contributed by atoms with Crippen LogP contribution in [0.2, 0.25) is 0 Å². The molecule has 0 radical (unpaired) electrons. The fourth-order valence-electron chi connectivity index (χ4n) is 2.50. The molecule has 0 unspecified atom stereocenters. The molecule has 0 aromatic carbocycles. The monoisotopic (exact) mass is 284 g/mol. The van der Waals surface area contributed by atoms with Crippen molar-refractivity contribution in [1.82, 2.24) is 0 Å². The molecule has 0 aromatic rings. The lowest BCUT2D eigenvalue weighted by Gasteiger charge is -2.02. The van der Waals surface area contributed by atoms with E-state index in [4.69, 9.17) is 10.2 Å². The minimum atomic E-state index is -1.28. The summed E-state index contributed by atoms with van der Waals surface area (Å²) in [6.45, 7) is 2.27. The van der Waals surface area contributed by atoms with Gasteiger partial charge in [-0.3, -0.25) is 0 Å². The van der Waals surface area contributed by atoms with Crippen LogP contribution in [0.3, 0.4) is 0 Å². The summed E-state index contributed by atoms with van der Waals surface area (Å²) >= 11 is 0. The molecule has 0 spiro atoms. The molecule has 0 aliphatic rings. The molecule has 0 fully saturated rings. The van der Waals surface area contributed by atoms with Crippen molar-refractivity contribution < 1.29 is 10.2 Å². The van der Waals surface area contributed by atoms with Gasteiger partial charge >= 0.3 is 0 Å². The van der Waals surface area contributed by atoms with Gasteiger partial charge in [-0.2, -0.15) is 0 Å². The first-order valence-electron chi connectivity index (χ1n) is 8.80. The van der Waals surface area contributed by atoms with Gasteiger partial charge in [-0.25, -0.2) is 0 Å². The first-order valence-corrected chi connectivity index (χ1v) is 8.80. The summed E-state index contributed by atoms with van der Waals surface area (Å²) in [4.78, 5) is 0. The Balaban J connectivity index is 2.99. The molecule has 0 aliphatic carbocycles. The molecule has 0 rings (SSSR count).